The van der Waals surface area contributed by atoms with Crippen LogP contribution in [-0.4, -0.2) is 42.3 Å². The monoisotopic (exact) mass is 237 g/mol. The first-order valence-electron chi connectivity index (χ1n) is 6.01. The molecule has 1 saturated heterocycles. The first kappa shape index (κ1) is 12.1. The molecule has 0 unspecified atom stereocenters. The predicted molar refractivity (Wildman–Crippen MR) is 67.0 cm³/mol. The molecule has 6 heteroatoms. The van der Waals surface area contributed by atoms with Crippen LogP contribution in [0.4, 0.5) is 11.8 Å². The summed E-state index contributed by atoms with van der Waals surface area (Å²) >= 11 is 0. The maximum absolute atomic E-state index is 5.52. The van der Waals surface area contributed by atoms with E-state index in [1.807, 2.05) is 6.07 Å². The Morgan fingerprint density at radius 2 is 2.41 bits per heavy atom. The molecule has 1 aromatic heterocycles. The van der Waals surface area contributed by atoms with Crippen LogP contribution >= 0.6 is 0 Å². The summed E-state index contributed by atoms with van der Waals surface area (Å²) in [5, 5.41) is 6.30. The molecule has 1 fully saturated rings. The fraction of sp³-hybridized carbons (Fsp3) is 0.636. The number of nitrogens with zero attached hydrogens (tertiary/aromatic N) is 2. The van der Waals surface area contributed by atoms with Crippen LogP contribution in [0.1, 0.15) is 12.8 Å². The summed E-state index contributed by atoms with van der Waals surface area (Å²) in [4.78, 5) is 8.49. The van der Waals surface area contributed by atoms with Gasteiger partial charge in [-0.25, -0.2) is 4.98 Å². The van der Waals surface area contributed by atoms with E-state index >= 15 is 0 Å². The zero-order chi connectivity index (χ0) is 11.9. The number of aromatic nitrogens is 2. The normalized spacial score (nSPS) is 19.2. The lowest BCUT2D eigenvalue weighted by Crippen LogP contribution is -2.20. The van der Waals surface area contributed by atoms with Crippen LogP contribution in [0.25, 0.3) is 0 Å². The first-order chi connectivity index (χ1) is 8.38. The van der Waals surface area contributed by atoms with E-state index in [0.29, 0.717) is 25.1 Å². The Kier molecular flexibility index (Phi) is 4.52. The molecule has 1 aliphatic heterocycles. The van der Waals surface area contributed by atoms with E-state index in [1.165, 1.54) is 0 Å². The quantitative estimate of drug-likeness (QED) is 0.665. The van der Waals surface area contributed by atoms with Crippen molar-refractivity contribution < 1.29 is 4.74 Å². The van der Waals surface area contributed by atoms with Gasteiger partial charge in [-0.15, -0.1) is 0 Å². The molecule has 0 radical (unpaired) electrons. The minimum absolute atomic E-state index is 0.291. The van der Waals surface area contributed by atoms with Crippen molar-refractivity contribution in [2.24, 2.45) is 5.73 Å². The summed E-state index contributed by atoms with van der Waals surface area (Å²) < 4.78 is 5.52. The van der Waals surface area contributed by atoms with Crippen molar-refractivity contribution in [3.05, 3.63) is 12.3 Å². The van der Waals surface area contributed by atoms with Crippen LogP contribution in [0.5, 0.6) is 0 Å². The van der Waals surface area contributed by atoms with Gasteiger partial charge < -0.3 is 21.1 Å². The topological polar surface area (TPSA) is 85.1 Å². The van der Waals surface area contributed by atoms with E-state index in [4.69, 9.17) is 10.5 Å². The Labute approximate surface area is 101 Å². The molecule has 4 N–H and O–H groups in total. The lowest BCUT2D eigenvalue weighted by atomic mass is 10.2. The van der Waals surface area contributed by atoms with Crippen molar-refractivity contribution >= 4 is 11.8 Å². The van der Waals surface area contributed by atoms with Crippen molar-refractivity contribution in [2.75, 3.05) is 36.9 Å². The lowest BCUT2D eigenvalue weighted by molar-refractivity contribution is 0.120. The average Bonchev–Trinajstić information content (AvgIpc) is 2.87. The first-order valence-corrected chi connectivity index (χ1v) is 6.01. The van der Waals surface area contributed by atoms with Crippen LogP contribution in [0.3, 0.4) is 0 Å². The Hall–Kier alpha value is -1.40. The molecule has 1 aliphatic rings. The number of anilines is 2. The minimum Gasteiger partial charge on any atom is -0.376 e. The van der Waals surface area contributed by atoms with Gasteiger partial charge in [0, 0.05) is 32.4 Å². The van der Waals surface area contributed by atoms with Gasteiger partial charge >= 0.3 is 0 Å². The van der Waals surface area contributed by atoms with Crippen LogP contribution in [-0.2, 0) is 4.74 Å². The zero-order valence-corrected chi connectivity index (χ0v) is 9.85. The molecule has 2 heterocycles. The highest BCUT2D eigenvalue weighted by Gasteiger charge is 2.15. The smallest absolute Gasteiger partial charge is 0.224 e. The van der Waals surface area contributed by atoms with Gasteiger partial charge in [0.05, 0.1) is 6.10 Å². The van der Waals surface area contributed by atoms with Gasteiger partial charge in [0.1, 0.15) is 5.82 Å². The molecule has 94 valence electrons. The number of nitrogens with two attached hydrogens (primary N) is 1. The fourth-order valence-electron chi connectivity index (χ4n) is 1.75. The van der Waals surface area contributed by atoms with E-state index < -0.39 is 0 Å². The molecule has 0 spiro atoms. The summed E-state index contributed by atoms with van der Waals surface area (Å²) in [6, 6.07) is 1.83. The Morgan fingerprint density at radius 1 is 1.47 bits per heavy atom. The third-order valence-electron chi connectivity index (χ3n) is 2.62. The molecular weight excluding hydrogens is 218 g/mol. The molecule has 6 nitrogen and oxygen atoms in total. The SMILES string of the molecule is NCCNc1ccnc(NC[C@H]2CCCO2)n1. The van der Waals surface area contributed by atoms with Crippen LogP contribution in [0, 0.1) is 0 Å². The number of ether oxygens (including phenoxy) is 1. The molecule has 0 aliphatic carbocycles. The van der Waals surface area contributed by atoms with Crippen LogP contribution in [0.15, 0.2) is 12.3 Å². The van der Waals surface area contributed by atoms with E-state index in [-0.39, 0.29) is 0 Å². The second-order valence-electron chi connectivity index (χ2n) is 4.00. The molecule has 2 rings (SSSR count). The summed E-state index contributed by atoms with van der Waals surface area (Å²) in [6.45, 7) is 2.93. The van der Waals surface area contributed by atoms with E-state index in [9.17, 15) is 0 Å². The second kappa shape index (κ2) is 6.36. The van der Waals surface area contributed by atoms with E-state index in [1.54, 1.807) is 6.20 Å². The molecule has 1 atom stereocenters. The van der Waals surface area contributed by atoms with E-state index in [2.05, 4.69) is 20.6 Å². The van der Waals surface area contributed by atoms with Gasteiger partial charge in [0.2, 0.25) is 5.95 Å². The zero-order valence-electron chi connectivity index (χ0n) is 9.85. The molecule has 17 heavy (non-hydrogen) atoms. The Bertz CT molecular complexity index is 340. The largest absolute Gasteiger partial charge is 0.376 e. The number of nitrogens with one attached hydrogen (secondary N) is 2. The third-order valence-corrected chi connectivity index (χ3v) is 2.62. The highest BCUT2D eigenvalue weighted by atomic mass is 16.5. The number of hydrogen-bond donors (Lipinski definition) is 3. The number of rotatable bonds is 6. The standard InChI is InChI=1S/C11H19N5O/c12-4-6-13-10-3-5-14-11(16-10)15-8-9-2-1-7-17-9/h3,5,9H,1-2,4,6-8,12H2,(H2,13,14,15,16)/t9-/m1/s1. The van der Waals surface area contributed by atoms with Crippen molar-refractivity contribution in [2.45, 2.75) is 18.9 Å². The summed E-state index contributed by atoms with van der Waals surface area (Å²) in [5.74, 6) is 1.42. The average molecular weight is 237 g/mol. The number of hydrogen-bond acceptors (Lipinski definition) is 6. The van der Waals surface area contributed by atoms with Gasteiger partial charge in [-0.3, -0.25) is 0 Å². The van der Waals surface area contributed by atoms with Crippen molar-refractivity contribution in [1.29, 1.82) is 0 Å². The maximum Gasteiger partial charge on any atom is 0.224 e. The lowest BCUT2D eigenvalue weighted by Gasteiger charge is -2.11. The van der Waals surface area contributed by atoms with Gasteiger partial charge in [-0.2, -0.15) is 4.98 Å². The molecule has 0 amide bonds. The predicted octanol–water partition coefficient (Wildman–Crippen LogP) is 0.438. The van der Waals surface area contributed by atoms with Crippen molar-refractivity contribution in [3.63, 3.8) is 0 Å². The summed E-state index contributed by atoms with van der Waals surface area (Å²) in [5.41, 5.74) is 5.42. The molecule has 1 aromatic rings. The Morgan fingerprint density at radius 3 is 3.18 bits per heavy atom. The van der Waals surface area contributed by atoms with Gasteiger partial charge in [0.15, 0.2) is 0 Å². The van der Waals surface area contributed by atoms with Crippen molar-refractivity contribution in [1.82, 2.24) is 9.97 Å². The van der Waals surface area contributed by atoms with Gasteiger partial charge in [0.25, 0.3) is 0 Å². The molecular formula is C11H19N5O. The second-order valence-corrected chi connectivity index (χ2v) is 4.00. The third kappa shape index (κ3) is 3.83. The molecule has 0 bridgehead atoms. The van der Waals surface area contributed by atoms with Gasteiger partial charge in [-0.05, 0) is 18.9 Å². The van der Waals surface area contributed by atoms with E-state index in [0.717, 1.165) is 31.8 Å². The maximum atomic E-state index is 5.52. The van der Waals surface area contributed by atoms with Crippen LogP contribution < -0.4 is 16.4 Å². The highest BCUT2D eigenvalue weighted by molar-refractivity contribution is 5.39. The van der Waals surface area contributed by atoms with Gasteiger partial charge in [-0.1, -0.05) is 0 Å². The summed E-state index contributed by atoms with van der Waals surface area (Å²) in [6.07, 6.45) is 4.27. The summed E-state index contributed by atoms with van der Waals surface area (Å²) in [7, 11) is 0. The van der Waals surface area contributed by atoms with Crippen LogP contribution in [0.2, 0.25) is 0 Å². The fourth-order valence-corrected chi connectivity index (χ4v) is 1.75. The minimum atomic E-state index is 0.291. The molecule has 0 saturated carbocycles. The van der Waals surface area contributed by atoms with Crippen molar-refractivity contribution in [3.8, 4) is 0 Å². The molecule has 0 aromatic carbocycles. The highest BCUT2D eigenvalue weighted by Crippen LogP contribution is 2.12. The Balaban J connectivity index is 1.82.